The molecule has 0 aliphatic rings. The van der Waals surface area contributed by atoms with E-state index in [1.165, 1.54) is 0 Å². The van der Waals surface area contributed by atoms with Gasteiger partial charge in [0.05, 0.1) is 12.8 Å². The Hall–Kier alpha value is -4.57. The van der Waals surface area contributed by atoms with Crippen LogP contribution in [0.3, 0.4) is 0 Å². The lowest BCUT2D eigenvalue weighted by molar-refractivity contribution is 0.414. The molecule has 0 bridgehead atoms. The molecule has 4 heteroatoms. The van der Waals surface area contributed by atoms with Crippen molar-refractivity contribution in [3.8, 4) is 22.7 Å². The topological polar surface area (TPSA) is 36.2 Å². The average molecular weight is 457 g/mol. The van der Waals surface area contributed by atoms with E-state index in [2.05, 4.69) is 34.9 Å². The standard InChI is InChI=1S/C31H24N2O2/c1-35-25-18-16-24(17-19-25)33-29(23-12-6-3-7-13-23)20-27-26-14-8-9-15-28(26)32(30(27)31(33)34)21-22-10-4-2-5-11-22/h2-20H,21H2,1H3. The van der Waals surface area contributed by atoms with Crippen molar-refractivity contribution in [3.05, 3.63) is 131 Å². The second-order valence-corrected chi connectivity index (χ2v) is 8.59. The maximum atomic E-state index is 14.4. The number of hydrogen-bond acceptors (Lipinski definition) is 2. The van der Waals surface area contributed by atoms with Crippen LogP contribution in [0.15, 0.2) is 120 Å². The predicted octanol–water partition coefficient (Wildman–Crippen LogP) is 6.67. The van der Waals surface area contributed by atoms with Crippen LogP contribution in [-0.2, 0) is 6.54 Å². The number of pyridine rings is 1. The summed E-state index contributed by atoms with van der Waals surface area (Å²) in [5.41, 5.74) is 5.50. The molecule has 4 aromatic carbocycles. The Kier molecular flexibility index (Phi) is 5.19. The monoisotopic (exact) mass is 456 g/mol. The third-order valence-corrected chi connectivity index (χ3v) is 6.52. The fourth-order valence-corrected chi connectivity index (χ4v) is 4.86. The second-order valence-electron chi connectivity index (χ2n) is 8.59. The third-order valence-electron chi connectivity index (χ3n) is 6.52. The van der Waals surface area contributed by atoms with Crippen molar-refractivity contribution < 1.29 is 4.74 Å². The fourth-order valence-electron chi connectivity index (χ4n) is 4.86. The predicted molar refractivity (Wildman–Crippen MR) is 143 cm³/mol. The molecule has 0 saturated heterocycles. The molecule has 6 aromatic rings. The molecule has 4 nitrogen and oxygen atoms in total. The first kappa shape index (κ1) is 21.0. The van der Waals surface area contributed by atoms with Crippen LogP contribution in [-0.4, -0.2) is 16.2 Å². The second kappa shape index (κ2) is 8.65. The van der Waals surface area contributed by atoms with Crippen molar-refractivity contribution >= 4 is 21.8 Å². The largest absolute Gasteiger partial charge is 0.497 e. The summed E-state index contributed by atoms with van der Waals surface area (Å²) in [7, 11) is 1.64. The minimum absolute atomic E-state index is 0.0429. The van der Waals surface area contributed by atoms with Gasteiger partial charge in [-0.05, 0) is 47.5 Å². The molecule has 0 aliphatic carbocycles. The molecule has 35 heavy (non-hydrogen) atoms. The Balaban J connectivity index is 1.72. The van der Waals surface area contributed by atoms with E-state index in [1.54, 1.807) is 7.11 Å². The van der Waals surface area contributed by atoms with Gasteiger partial charge in [-0.15, -0.1) is 0 Å². The third kappa shape index (κ3) is 3.60. The van der Waals surface area contributed by atoms with Gasteiger partial charge in [0.25, 0.3) is 5.56 Å². The molecule has 0 aliphatic heterocycles. The highest BCUT2D eigenvalue weighted by atomic mass is 16.5. The van der Waals surface area contributed by atoms with E-state index >= 15 is 0 Å². The number of methoxy groups -OCH3 is 1. The highest BCUT2D eigenvalue weighted by Crippen LogP contribution is 2.32. The average Bonchev–Trinajstić information content (AvgIpc) is 3.23. The van der Waals surface area contributed by atoms with Crippen LogP contribution in [0.25, 0.3) is 38.8 Å². The zero-order chi connectivity index (χ0) is 23.8. The Bertz CT molecular complexity index is 1700. The Labute approximate surface area is 203 Å². The van der Waals surface area contributed by atoms with Crippen LogP contribution in [0.4, 0.5) is 0 Å². The molecule has 0 amide bonds. The van der Waals surface area contributed by atoms with Crippen LogP contribution in [0.2, 0.25) is 0 Å². The maximum Gasteiger partial charge on any atom is 0.280 e. The number of para-hydroxylation sites is 1. The van der Waals surface area contributed by atoms with Crippen LogP contribution < -0.4 is 10.3 Å². The molecule has 0 N–H and O–H groups in total. The van der Waals surface area contributed by atoms with E-state index in [-0.39, 0.29) is 5.56 Å². The van der Waals surface area contributed by atoms with E-state index < -0.39 is 0 Å². The van der Waals surface area contributed by atoms with Crippen molar-refractivity contribution in [2.45, 2.75) is 6.54 Å². The van der Waals surface area contributed by atoms with E-state index in [0.29, 0.717) is 12.1 Å². The van der Waals surface area contributed by atoms with Crippen molar-refractivity contribution in [1.82, 2.24) is 9.13 Å². The molecule has 0 radical (unpaired) electrons. The minimum Gasteiger partial charge on any atom is -0.497 e. The van der Waals surface area contributed by atoms with Crippen molar-refractivity contribution in [1.29, 1.82) is 0 Å². The number of nitrogens with zero attached hydrogens (tertiary/aromatic N) is 2. The first-order chi connectivity index (χ1) is 17.2. The van der Waals surface area contributed by atoms with Gasteiger partial charge in [0.1, 0.15) is 11.3 Å². The quantitative estimate of drug-likeness (QED) is 0.290. The van der Waals surface area contributed by atoms with Gasteiger partial charge in [0, 0.05) is 28.5 Å². The van der Waals surface area contributed by atoms with Gasteiger partial charge in [-0.3, -0.25) is 9.36 Å². The number of fused-ring (bicyclic) bond motifs is 3. The normalized spacial score (nSPS) is 11.2. The smallest absolute Gasteiger partial charge is 0.280 e. The van der Waals surface area contributed by atoms with Crippen LogP contribution in [0.1, 0.15) is 5.56 Å². The molecular weight excluding hydrogens is 432 g/mol. The molecule has 0 fully saturated rings. The van der Waals surface area contributed by atoms with Crippen molar-refractivity contribution in [2.75, 3.05) is 7.11 Å². The maximum absolute atomic E-state index is 14.4. The lowest BCUT2D eigenvalue weighted by Crippen LogP contribution is -2.22. The van der Waals surface area contributed by atoms with Gasteiger partial charge in [0.2, 0.25) is 0 Å². The summed E-state index contributed by atoms with van der Waals surface area (Å²) in [5.74, 6) is 0.752. The summed E-state index contributed by atoms with van der Waals surface area (Å²) in [4.78, 5) is 14.4. The Morgan fingerprint density at radius 3 is 2.09 bits per heavy atom. The van der Waals surface area contributed by atoms with E-state index in [0.717, 1.165) is 44.5 Å². The van der Waals surface area contributed by atoms with E-state index in [1.807, 2.05) is 89.5 Å². The lowest BCUT2D eigenvalue weighted by Gasteiger charge is -2.16. The molecule has 0 spiro atoms. The minimum atomic E-state index is -0.0429. The lowest BCUT2D eigenvalue weighted by atomic mass is 10.1. The van der Waals surface area contributed by atoms with Crippen molar-refractivity contribution in [2.24, 2.45) is 0 Å². The van der Waals surface area contributed by atoms with Crippen LogP contribution in [0.5, 0.6) is 5.75 Å². The summed E-state index contributed by atoms with van der Waals surface area (Å²) in [6, 6.07) is 38.4. The molecular formula is C31H24N2O2. The molecule has 2 aromatic heterocycles. The van der Waals surface area contributed by atoms with Gasteiger partial charge >= 0.3 is 0 Å². The Morgan fingerprint density at radius 2 is 1.37 bits per heavy atom. The van der Waals surface area contributed by atoms with Gasteiger partial charge in [0.15, 0.2) is 0 Å². The SMILES string of the molecule is COc1ccc(-n2c(-c3ccccc3)cc3c4ccccc4n(Cc4ccccc4)c3c2=O)cc1. The summed E-state index contributed by atoms with van der Waals surface area (Å²) >= 11 is 0. The highest BCUT2D eigenvalue weighted by Gasteiger charge is 2.20. The van der Waals surface area contributed by atoms with E-state index in [9.17, 15) is 4.79 Å². The molecule has 2 heterocycles. The van der Waals surface area contributed by atoms with Crippen LogP contribution >= 0.6 is 0 Å². The molecule has 6 rings (SSSR count). The summed E-state index contributed by atoms with van der Waals surface area (Å²) in [5, 5.41) is 2.04. The number of ether oxygens (including phenoxy) is 1. The molecule has 0 unspecified atom stereocenters. The zero-order valence-electron chi connectivity index (χ0n) is 19.4. The molecule has 0 atom stereocenters. The first-order valence-corrected chi connectivity index (χ1v) is 11.7. The van der Waals surface area contributed by atoms with Gasteiger partial charge in [-0.1, -0.05) is 78.9 Å². The molecule has 170 valence electrons. The molecule has 0 saturated carbocycles. The fraction of sp³-hybridized carbons (Fsp3) is 0.0645. The van der Waals surface area contributed by atoms with Crippen LogP contribution in [0, 0.1) is 0 Å². The highest BCUT2D eigenvalue weighted by molar-refractivity contribution is 6.09. The van der Waals surface area contributed by atoms with E-state index in [4.69, 9.17) is 4.74 Å². The van der Waals surface area contributed by atoms with Gasteiger partial charge < -0.3 is 9.30 Å². The Morgan fingerprint density at radius 1 is 0.714 bits per heavy atom. The number of rotatable bonds is 5. The summed E-state index contributed by atoms with van der Waals surface area (Å²) < 4.78 is 9.32. The number of benzene rings is 4. The summed E-state index contributed by atoms with van der Waals surface area (Å²) in [6.07, 6.45) is 0. The number of aromatic nitrogens is 2. The van der Waals surface area contributed by atoms with Gasteiger partial charge in [-0.25, -0.2) is 0 Å². The summed E-state index contributed by atoms with van der Waals surface area (Å²) in [6.45, 7) is 0.618. The van der Waals surface area contributed by atoms with Gasteiger partial charge in [-0.2, -0.15) is 0 Å². The first-order valence-electron chi connectivity index (χ1n) is 11.7. The number of hydrogen-bond donors (Lipinski definition) is 0. The zero-order valence-corrected chi connectivity index (χ0v) is 19.4. The van der Waals surface area contributed by atoms with Crippen molar-refractivity contribution in [3.63, 3.8) is 0 Å².